The van der Waals surface area contributed by atoms with Gasteiger partial charge in [-0.15, -0.1) is 0 Å². The molecular formula is C7H10O7. The highest BCUT2D eigenvalue weighted by molar-refractivity contribution is 5.86. The summed E-state index contributed by atoms with van der Waals surface area (Å²) in [5.74, 6) is -5.03. The molecule has 2 atom stereocenters. The Kier molecular flexibility index (Phi) is 2.74. The van der Waals surface area contributed by atoms with Gasteiger partial charge in [-0.1, -0.05) is 6.92 Å². The molecule has 1 rings (SSSR count). The second-order valence-electron chi connectivity index (χ2n) is 2.80. The van der Waals surface area contributed by atoms with Crippen LogP contribution in [0.5, 0.6) is 0 Å². The van der Waals surface area contributed by atoms with E-state index in [4.69, 9.17) is 10.2 Å². The fourth-order valence-electron chi connectivity index (χ4n) is 0.858. The third-order valence-electron chi connectivity index (χ3n) is 1.75. The highest BCUT2D eigenvalue weighted by Crippen LogP contribution is 2.20. The lowest BCUT2D eigenvalue weighted by Crippen LogP contribution is -2.38. The average molecular weight is 206 g/mol. The second kappa shape index (κ2) is 3.52. The maximum absolute atomic E-state index is 10.9. The summed E-state index contributed by atoms with van der Waals surface area (Å²) in [5, 5.41) is 27.3. The number of carbonyl (C=O) groups is 2. The molecule has 0 bridgehead atoms. The average Bonchev–Trinajstić information content (AvgIpc) is 2.20. The third kappa shape index (κ3) is 1.84. The van der Waals surface area contributed by atoms with E-state index in [2.05, 4.69) is 9.47 Å². The number of aliphatic hydroxyl groups is 3. The molecule has 14 heavy (non-hydrogen) atoms. The molecule has 7 nitrogen and oxygen atoms in total. The van der Waals surface area contributed by atoms with Crippen molar-refractivity contribution in [2.24, 2.45) is 0 Å². The maximum atomic E-state index is 10.9. The Bertz CT molecular complexity index is 239. The molecule has 7 heteroatoms. The molecule has 0 amide bonds. The molecule has 3 N–H and O–H groups in total. The third-order valence-corrected chi connectivity index (χ3v) is 1.75. The van der Waals surface area contributed by atoms with E-state index in [0.717, 1.165) is 0 Å². The first kappa shape index (κ1) is 10.9. The van der Waals surface area contributed by atoms with Crippen LogP contribution in [0.4, 0.5) is 0 Å². The van der Waals surface area contributed by atoms with E-state index < -0.39 is 30.1 Å². The quantitative estimate of drug-likeness (QED) is 0.419. The molecular weight excluding hydrogens is 196 g/mol. The normalized spacial score (nSPS) is 38.6. The molecule has 0 aromatic rings. The summed E-state index contributed by atoms with van der Waals surface area (Å²) in [6.45, 7) is 1.39. The number of ether oxygens (including phenoxy) is 2. The van der Waals surface area contributed by atoms with E-state index >= 15 is 0 Å². The van der Waals surface area contributed by atoms with Gasteiger partial charge in [0.2, 0.25) is 0 Å². The molecule has 1 aliphatic rings. The molecule has 2 unspecified atom stereocenters. The van der Waals surface area contributed by atoms with Gasteiger partial charge in [0.05, 0.1) is 6.42 Å². The Morgan fingerprint density at radius 3 is 1.86 bits per heavy atom. The number of esters is 2. The number of hydrogen-bond acceptors (Lipinski definition) is 7. The summed E-state index contributed by atoms with van der Waals surface area (Å²) in [5.41, 5.74) is 0. The van der Waals surface area contributed by atoms with Gasteiger partial charge in [-0.2, -0.15) is 0 Å². The zero-order valence-corrected chi connectivity index (χ0v) is 7.34. The zero-order valence-electron chi connectivity index (χ0n) is 7.34. The van der Waals surface area contributed by atoms with Crippen molar-refractivity contribution >= 4 is 11.9 Å². The van der Waals surface area contributed by atoms with Crippen LogP contribution in [0.15, 0.2) is 0 Å². The number of carbonyl (C=O) groups excluding carboxylic acids is 2. The zero-order chi connectivity index (χ0) is 10.9. The molecule has 1 fully saturated rings. The van der Waals surface area contributed by atoms with Crippen molar-refractivity contribution in [3.8, 4) is 0 Å². The molecule has 1 aliphatic heterocycles. The van der Waals surface area contributed by atoms with Gasteiger partial charge in [-0.05, 0) is 0 Å². The minimum absolute atomic E-state index is 0.204. The van der Waals surface area contributed by atoms with E-state index in [-0.39, 0.29) is 6.42 Å². The molecule has 0 radical (unpaired) electrons. The molecule has 0 aromatic heterocycles. The standard InChI is InChI=1S/C7H10O7/c1-2-7(12)13-5(10)3(8)4(9)6(11)14-7/h3-4,8-9,12H,2H2,1H3. The molecule has 1 saturated heterocycles. The monoisotopic (exact) mass is 206 g/mol. The second-order valence-corrected chi connectivity index (χ2v) is 2.80. The Morgan fingerprint density at radius 2 is 1.57 bits per heavy atom. The van der Waals surface area contributed by atoms with Crippen molar-refractivity contribution in [2.75, 3.05) is 0 Å². The largest absolute Gasteiger partial charge is 0.396 e. The van der Waals surface area contributed by atoms with E-state index in [1.807, 2.05) is 0 Å². The summed E-state index contributed by atoms with van der Waals surface area (Å²) in [7, 11) is 0. The van der Waals surface area contributed by atoms with E-state index in [1.165, 1.54) is 6.92 Å². The van der Waals surface area contributed by atoms with Crippen LogP contribution in [-0.4, -0.2) is 45.4 Å². The lowest BCUT2D eigenvalue weighted by molar-refractivity contribution is -0.323. The van der Waals surface area contributed by atoms with Crippen LogP contribution in [0.1, 0.15) is 13.3 Å². The van der Waals surface area contributed by atoms with Gasteiger partial charge in [-0.3, -0.25) is 0 Å². The Hall–Kier alpha value is -1.18. The first-order valence-corrected chi connectivity index (χ1v) is 3.94. The lowest BCUT2D eigenvalue weighted by Gasteiger charge is -2.22. The molecule has 0 saturated carbocycles. The van der Waals surface area contributed by atoms with E-state index in [0.29, 0.717) is 0 Å². The predicted octanol–water partition coefficient (Wildman–Crippen LogP) is -2.14. The number of hydrogen-bond donors (Lipinski definition) is 3. The summed E-state index contributed by atoms with van der Waals surface area (Å²) in [6.07, 6.45) is -4.28. The molecule has 0 aliphatic carbocycles. The minimum atomic E-state index is -2.41. The van der Waals surface area contributed by atoms with Crippen molar-refractivity contribution in [1.82, 2.24) is 0 Å². The lowest BCUT2D eigenvalue weighted by atomic mass is 10.2. The minimum Gasteiger partial charge on any atom is -0.396 e. The van der Waals surface area contributed by atoms with E-state index in [1.54, 1.807) is 0 Å². The predicted molar refractivity (Wildman–Crippen MR) is 39.4 cm³/mol. The topological polar surface area (TPSA) is 113 Å². The van der Waals surface area contributed by atoms with Crippen molar-refractivity contribution in [2.45, 2.75) is 31.5 Å². The summed E-state index contributed by atoms with van der Waals surface area (Å²) in [4.78, 5) is 21.8. The highest BCUT2D eigenvalue weighted by Gasteiger charge is 2.46. The SMILES string of the molecule is CCC1(O)OC(=O)C(O)C(O)C(=O)O1. The van der Waals surface area contributed by atoms with Crippen LogP contribution in [0.3, 0.4) is 0 Å². The van der Waals surface area contributed by atoms with Crippen molar-refractivity contribution in [3.63, 3.8) is 0 Å². The Balaban J connectivity index is 2.94. The molecule has 0 aromatic carbocycles. The van der Waals surface area contributed by atoms with Crippen LogP contribution in [0, 0.1) is 0 Å². The first-order chi connectivity index (χ1) is 6.39. The fraction of sp³-hybridized carbons (Fsp3) is 0.714. The van der Waals surface area contributed by atoms with Crippen LogP contribution >= 0.6 is 0 Å². The van der Waals surface area contributed by atoms with Gasteiger partial charge in [0.15, 0.2) is 12.2 Å². The van der Waals surface area contributed by atoms with Gasteiger partial charge >= 0.3 is 17.9 Å². The van der Waals surface area contributed by atoms with Crippen LogP contribution in [0.2, 0.25) is 0 Å². The fourth-order valence-corrected chi connectivity index (χ4v) is 0.858. The van der Waals surface area contributed by atoms with Crippen molar-refractivity contribution < 1.29 is 34.4 Å². The Morgan fingerprint density at radius 1 is 1.21 bits per heavy atom. The summed E-state index contributed by atoms with van der Waals surface area (Å²) < 4.78 is 8.53. The smallest absolute Gasteiger partial charge is 0.373 e. The molecule has 0 spiro atoms. The number of aliphatic hydroxyl groups excluding tert-OH is 2. The maximum Gasteiger partial charge on any atom is 0.373 e. The van der Waals surface area contributed by atoms with Gasteiger partial charge in [-0.25, -0.2) is 9.59 Å². The molecule has 1 heterocycles. The summed E-state index contributed by atoms with van der Waals surface area (Å²) >= 11 is 0. The van der Waals surface area contributed by atoms with Gasteiger partial charge in [0, 0.05) is 0 Å². The van der Waals surface area contributed by atoms with Crippen LogP contribution in [0.25, 0.3) is 0 Å². The molecule has 80 valence electrons. The Labute approximate surface area is 78.9 Å². The van der Waals surface area contributed by atoms with Gasteiger partial charge < -0.3 is 24.8 Å². The first-order valence-electron chi connectivity index (χ1n) is 3.94. The summed E-state index contributed by atoms with van der Waals surface area (Å²) in [6, 6.07) is 0. The number of cyclic esters (lactones) is 2. The van der Waals surface area contributed by atoms with Crippen LogP contribution in [-0.2, 0) is 19.1 Å². The highest BCUT2D eigenvalue weighted by atomic mass is 16.8. The van der Waals surface area contributed by atoms with Crippen molar-refractivity contribution in [1.29, 1.82) is 0 Å². The van der Waals surface area contributed by atoms with Gasteiger partial charge in [0.25, 0.3) is 0 Å². The van der Waals surface area contributed by atoms with E-state index in [9.17, 15) is 14.7 Å². The van der Waals surface area contributed by atoms with Crippen molar-refractivity contribution in [3.05, 3.63) is 0 Å². The number of rotatable bonds is 1. The van der Waals surface area contributed by atoms with Gasteiger partial charge in [0.1, 0.15) is 0 Å². The van der Waals surface area contributed by atoms with Crippen LogP contribution < -0.4 is 0 Å².